The lowest BCUT2D eigenvalue weighted by atomic mass is 10.1. The van der Waals surface area contributed by atoms with Gasteiger partial charge in [0.15, 0.2) is 12.4 Å². The summed E-state index contributed by atoms with van der Waals surface area (Å²) in [4.78, 5) is 7.98. The predicted molar refractivity (Wildman–Crippen MR) is 63.8 cm³/mol. The molecule has 3 heterocycles. The molecule has 7 nitrogen and oxygen atoms in total. The molecule has 2 aromatic heterocycles. The van der Waals surface area contributed by atoms with Crippen molar-refractivity contribution in [1.82, 2.24) is 14.5 Å². The van der Waals surface area contributed by atoms with Gasteiger partial charge in [0.25, 0.3) is 0 Å². The number of aliphatic hydroxyl groups is 2. The van der Waals surface area contributed by atoms with E-state index in [0.29, 0.717) is 11.0 Å². The van der Waals surface area contributed by atoms with Crippen LogP contribution in [0.2, 0.25) is 0 Å². The number of nitrogens with zero attached hydrogens (tertiary/aromatic N) is 3. The fourth-order valence-electron chi connectivity index (χ4n) is 2.23. The second-order valence-corrected chi connectivity index (χ2v) is 4.43. The minimum Gasteiger partial charge on any atom is -0.394 e. The highest BCUT2D eigenvalue weighted by atomic mass is 19.1. The highest BCUT2D eigenvalue weighted by Crippen LogP contribution is 2.33. The summed E-state index contributed by atoms with van der Waals surface area (Å²) in [7, 11) is 0. The fourth-order valence-corrected chi connectivity index (χ4v) is 2.23. The Morgan fingerprint density at radius 2 is 2.26 bits per heavy atom. The number of rotatable bonds is 2. The van der Waals surface area contributed by atoms with Gasteiger partial charge in [0.1, 0.15) is 23.5 Å². The van der Waals surface area contributed by atoms with E-state index in [-0.39, 0.29) is 5.82 Å². The first-order valence-electron chi connectivity index (χ1n) is 5.78. The number of alkyl halides is 1. The SMILES string of the molecule is Nc1cc2c(cn1)ncn2[C@@H]1O[C@H](CO)[C@@H](F)[C@H]1O. The summed E-state index contributed by atoms with van der Waals surface area (Å²) >= 11 is 0. The van der Waals surface area contributed by atoms with E-state index in [0.717, 1.165) is 0 Å². The molecule has 0 saturated carbocycles. The number of ether oxygens (including phenoxy) is 1. The maximum Gasteiger partial charge on any atom is 0.164 e. The summed E-state index contributed by atoms with van der Waals surface area (Å²) < 4.78 is 20.5. The molecule has 1 saturated heterocycles. The number of nitrogens with two attached hydrogens (primary N) is 1. The minimum absolute atomic E-state index is 0.289. The van der Waals surface area contributed by atoms with Crippen LogP contribution in [0.4, 0.5) is 10.2 Å². The predicted octanol–water partition coefficient (Wildman–Crippen LogP) is -0.398. The second-order valence-electron chi connectivity index (χ2n) is 4.43. The molecular weight excluding hydrogens is 255 g/mol. The Bertz CT molecular complexity index is 605. The van der Waals surface area contributed by atoms with Crippen LogP contribution in [0.5, 0.6) is 0 Å². The lowest BCUT2D eigenvalue weighted by Gasteiger charge is -2.16. The minimum atomic E-state index is -1.65. The molecule has 1 aliphatic rings. The summed E-state index contributed by atoms with van der Waals surface area (Å²) in [6.45, 7) is -0.495. The highest BCUT2D eigenvalue weighted by molar-refractivity contribution is 5.76. The molecule has 19 heavy (non-hydrogen) atoms. The summed E-state index contributed by atoms with van der Waals surface area (Å²) in [5, 5.41) is 18.8. The van der Waals surface area contributed by atoms with Gasteiger partial charge in [0.05, 0.1) is 24.6 Å². The molecule has 3 rings (SSSR count). The number of pyridine rings is 1. The largest absolute Gasteiger partial charge is 0.394 e. The van der Waals surface area contributed by atoms with E-state index < -0.39 is 31.2 Å². The summed E-state index contributed by atoms with van der Waals surface area (Å²) in [5.74, 6) is 0.289. The molecule has 1 fully saturated rings. The van der Waals surface area contributed by atoms with Crippen molar-refractivity contribution in [3.63, 3.8) is 0 Å². The summed E-state index contributed by atoms with van der Waals surface area (Å²) in [6, 6.07) is 1.57. The highest BCUT2D eigenvalue weighted by Gasteiger charge is 2.45. The van der Waals surface area contributed by atoms with Gasteiger partial charge in [-0.3, -0.25) is 0 Å². The number of imidazole rings is 1. The number of anilines is 1. The lowest BCUT2D eigenvalue weighted by Crippen LogP contribution is -2.29. The molecule has 8 heteroatoms. The van der Waals surface area contributed by atoms with Crippen LogP contribution in [-0.4, -0.2) is 49.7 Å². The van der Waals surface area contributed by atoms with Crippen LogP contribution >= 0.6 is 0 Å². The van der Waals surface area contributed by atoms with Gasteiger partial charge in [-0.15, -0.1) is 0 Å². The fraction of sp³-hybridized carbons (Fsp3) is 0.455. The quantitative estimate of drug-likeness (QED) is 0.684. The number of halogens is 1. The molecule has 0 aliphatic carbocycles. The number of aliphatic hydroxyl groups excluding tert-OH is 2. The van der Waals surface area contributed by atoms with Crippen molar-refractivity contribution in [3.05, 3.63) is 18.6 Å². The lowest BCUT2D eigenvalue weighted by molar-refractivity contribution is -0.0493. The Labute approximate surface area is 107 Å². The van der Waals surface area contributed by atoms with E-state index in [4.69, 9.17) is 15.6 Å². The van der Waals surface area contributed by atoms with Gasteiger partial charge in [-0.1, -0.05) is 0 Å². The summed E-state index contributed by atoms with van der Waals surface area (Å²) in [5.41, 5.74) is 6.74. The Hall–Kier alpha value is -1.77. The molecule has 0 aromatic carbocycles. The third-order valence-corrected chi connectivity index (χ3v) is 3.22. The average Bonchev–Trinajstić information content (AvgIpc) is 2.92. The molecule has 4 atom stereocenters. The number of fused-ring (bicyclic) bond motifs is 1. The maximum absolute atomic E-state index is 13.7. The van der Waals surface area contributed by atoms with Crippen LogP contribution < -0.4 is 5.73 Å². The normalized spacial score (nSPS) is 31.1. The van der Waals surface area contributed by atoms with Crippen molar-refractivity contribution < 1.29 is 19.3 Å². The van der Waals surface area contributed by atoms with Crippen LogP contribution in [0, 0.1) is 0 Å². The molecule has 2 aromatic rings. The Morgan fingerprint density at radius 1 is 1.47 bits per heavy atom. The summed E-state index contributed by atoms with van der Waals surface area (Å²) in [6.07, 6.45) is -2.10. The zero-order valence-corrected chi connectivity index (χ0v) is 9.85. The van der Waals surface area contributed by atoms with Crippen molar-refractivity contribution in [2.45, 2.75) is 24.6 Å². The van der Waals surface area contributed by atoms with Crippen LogP contribution in [0.3, 0.4) is 0 Å². The van der Waals surface area contributed by atoms with E-state index >= 15 is 0 Å². The first kappa shape index (κ1) is 12.3. The molecule has 0 bridgehead atoms. The van der Waals surface area contributed by atoms with E-state index in [9.17, 15) is 9.50 Å². The number of hydrogen-bond donors (Lipinski definition) is 3. The molecule has 0 amide bonds. The third-order valence-electron chi connectivity index (χ3n) is 3.22. The van der Waals surface area contributed by atoms with Crippen LogP contribution in [0.25, 0.3) is 11.0 Å². The van der Waals surface area contributed by atoms with E-state index in [1.54, 1.807) is 6.07 Å². The Kier molecular flexibility index (Phi) is 2.85. The van der Waals surface area contributed by atoms with E-state index in [2.05, 4.69) is 9.97 Å². The molecule has 0 spiro atoms. The van der Waals surface area contributed by atoms with Crippen molar-refractivity contribution in [1.29, 1.82) is 0 Å². The molecule has 102 valence electrons. The van der Waals surface area contributed by atoms with E-state index in [1.165, 1.54) is 17.1 Å². The van der Waals surface area contributed by atoms with Crippen LogP contribution in [0.15, 0.2) is 18.6 Å². The number of hydrogen-bond acceptors (Lipinski definition) is 6. The third kappa shape index (κ3) is 1.84. The molecule has 1 aliphatic heterocycles. The first-order valence-corrected chi connectivity index (χ1v) is 5.78. The van der Waals surface area contributed by atoms with Crippen molar-refractivity contribution in [3.8, 4) is 0 Å². The zero-order valence-electron chi connectivity index (χ0n) is 9.85. The van der Waals surface area contributed by atoms with Crippen LogP contribution in [0.1, 0.15) is 6.23 Å². The van der Waals surface area contributed by atoms with Gasteiger partial charge >= 0.3 is 0 Å². The van der Waals surface area contributed by atoms with Gasteiger partial charge < -0.3 is 25.3 Å². The molecule has 4 N–H and O–H groups in total. The monoisotopic (exact) mass is 268 g/mol. The molecular formula is C11H13FN4O3. The first-order chi connectivity index (χ1) is 9.11. The Balaban J connectivity index is 2.03. The second kappa shape index (κ2) is 4.41. The van der Waals surface area contributed by atoms with Gasteiger partial charge in [0.2, 0.25) is 0 Å². The van der Waals surface area contributed by atoms with Gasteiger partial charge in [-0.05, 0) is 0 Å². The van der Waals surface area contributed by atoms with Crippen molar-refractivity contribution in [2.75, 3.05) is 12.3 Å². The van der Waals surface area contributed by atoms with Crippen molar-refractivity contribution in [2.24, 2.45) is 0 Å². The number of aromatic nitrogens is 3. The van der Waals surface area contributed by atoms with Crippen molar-refractivity contribution >= 4 is 16.9 Å². The maximum atomic E-state index is 13.7. The van der Waals surface area contributed by atoms with Gasteiger partial charge in [-0.2, -0.15) is 0 Å². The van der Waals surface area contributed by atoms with Crippen LogP contribution in [-0.2, 0) is 4.74 Å². The molecule has 0 radical (unpaired) electrons. The standard InChI is InChI=1S/C11H13FN4O3/c12-9-7(3-17)19-11(10(9)18)16-4-15-5-2-14-8(13)1-6(5)16/h1-2,4,7,9-11,17-18H,3H2,(H2,13,14)/t7-,9-,10-,11-/m1/s1. The Morgan fingerprint density at radius 3 is 2.95 bits per heavy atom. The average molecular weight is 268 g/mol. The number of nitrogen functional groups attached to an aromatic ring is 1. The van der Waals surface area contributed by atoms with Gasteiger partial charge in [-0.25, -0.2) is 14.4 Å². The smallest absolute Gasteiger partial charge is 0.164 e. The molecule has 0 unspecified atom stereocenters. The topological polar surface area (TPSA) is 106 Å². The zero-order chi connectivity index (χ0) is 13.6. The van der Waals surface area contributed by atoms with Gasteiger partial charge in [0, 0.05) is 6.07 Å². The van der Waals surface area contributed by atoms with E-state index in [1.807, 2.05) is 0 Å².